The van der Waals surface area contributed by atoms with Gasteiger partial charge in [0.05, 0.1) is 5.56 Å². The van der Waals surface area contributed by atoms with Crippen LogP contribution in [0.1, 0.15) is 41.4 Å². The second-order valence-electron chi connectivity index (χ2n) is 4.80. The number of carboxylic acid groups (broad SMARTS) is 1. The summed E-state index contributed by atoms with van der Waals surface area (Å²) in [5, 5.41) is 10.1. The molecule has 0 saturated carbocycles. The molecule has 0 spiro atoms. The van der Waals surface area contributed by atoms with Crippen molar-refractivity contribution in [2.45, 2.75) is 33.7 Å². The molecule has 2 rings (SSSR count). The van der Waals surface area contributed by atoms with Gasteiger partial charge in [0, 0.05) is 23.1 Å². The van der Waals surface area contributed by atoms with Crippen molar-refractivity contribution >= 4 is 16.9 Å². The topological polar surface area (TPSA) is 42.2 Å². The molecule has 1 aromatic carbocycles. The number of carbonyl (C=O) groups is 1. The predicted octanol–water partition coefficient (Wildman–Crippen LogP) is 3.54. The highest BCUT2D eigenvalue weighted by atomic mass is 16.4. The Kier molecular flexibility index (Phi) is 2.69. The van der Waals surface area contributed by atoms with Crippen LogP contribution in [0.25, 0.3) is 10.9 Å². The van der Waals surface area contributed by atoms with Gasteiger partial charge >= 0.3 is 5.97 Å². The van der Waals surface area contributed by atoms with Crippen molar-refractivity contribution in [3.63, 3.8) is 0 Å². The Balaban J connectivity index is 2.86. The van der Waals surface area contributed by atoms with E-state index in [1.165, 1.54) is 5.56 Å². The molecule has 17 heavy (non-hydrogen) atoms. The molecule has 0 aliphatic rings. The van der Waals surface area contributed by atoms with Crippen molar-refractivity contribution < 1.29 is 9.90 Å². The number of rotatable bonds is 2. The molecule has 1 N–H and O–H groups in total. The van der Waals surface area contributed by atoms with E-state index in [9.17, 15) is 9.90 Å². The van der Waals surface area contributed by atoms with E-state index in [0.29, 0.717) is 5.56 Å². The van der Waals surface area contributed by atoms with Gasteiger partial charge in [0.15, 0.2) is 0 Å². The van der Waals surface area contributed by atoms with Crippen molar-refractivity contribution in [2.24, 2.45) is 0 Å². The fourth-order valence-corrected chi connectivity index (χ4v) is 2.11. The summed E-state index contributed by atoms with van der Waals surface area (Å²) < 4.78 is 2.02. The average Bonchev–Trinajstić information content (AvgIpc) is 2.57. The van der Waals surface area contributed by atoms with Gasteiger partial charge in [0.1, 0.15) is 0 Å². The minimum absolute atomic E-state index is 0.257. The lowest BCUT2D eigenvalue weighted by molar-refractivity contribution is 0.0699. The Labute approximate surface area is 101 Å². The van der Waals surface area contributed by atoms with E-state index in [1.54, 1.807) is 6.20 Å². The maximum Gasteiger partial charge on any atom is 0.337 e. The van der Waals surface area contributed by atoms with Crippen molar-refractivity contribution in [3.05, 3.63) is 35.0 Å². The summed E-state index contributed by atoms with van der Waals surface area (Å²) >= 11 is 0. The zero-order valence-corrected chi connectivity index (χ0v) is 10.6. The molecule has 0 unspecified atom stereocenters. The third kappa shape index (κ3) is 1.82. The second kappa shape index (κ2) is 3.91. The summed E-state index contributed by atoms with van der Waals surface area (Å²) in [5.41, 5.74) is 3.70. The van der Waals surface area contributed by atoms with Gasteiger partial charge in [-0.1, -0.05) is 0 Å². The number of aromatic carboxylic acids is 1. The monoisotopic (exact) mass is 231 g/mol. The van der Waals surface area contributed by atoms with Crippen LogP contribution in [0.3, 0.4) is 0 Å². The molecule has 1 aromatic heterocycles. The molecule has 90 valence electrons. The Bertz CT molecular complexity index is 594. The number of aryl methyl sites for hydroxylation is 2. The summed E-state index contributed by atoms with van der Waals surface area (Å²) in [6.07, 6.45) is 1.73. The van der Waals surface area contributed by atoms with E-state index in [0.717, 1.165) is 16.5 Å². The Morgan fingerprint density at radius 2 is 1.82 bits per heavy atom. The predicted molar refractivity (Wildman–Crippen MR) is 68.8 cm³/mol. The first kappa shape index (κ1) is 11.7. The van der Waals surface area contributed by atoms with Crippen molar-refractivity contribution in [1.82, 2.24) is 4.57 Å². The molecule has 0 saturated heterocycles. The standard InChI is InChI=1S/C14H17NO2/c1-8(2)15-7-12(14(16)17)11-5-9(3)10(4)6-13(11)15/h5-8H,1-4H3,(H,16,17). The molecule has 3 nitrogen and oxygen atoms in total. The highest BCUT2D eigenvalue weighted by Crippen LogP contribution is 2.27. The molecule has 0 amide bonds. The van der Waals surface area contributed by atoms with E-state index < -0.39 is 5.97 Å². The molecular formula is C14H17NO2. The molecule has 1 heterocycles. The first-order valence-corrected chi connectivity index (χ1v) is 5.77. The van der Waals surface area contributed by atoms with Gasteiger partial charge in [0.25, 0.3) is 0 Å². The minimum Gasteiger partial charge on any atom is -0.478 e. The zero-order valence-electron chi connectivity index (χ0n) is 10.6. The lowest BCUT2D eigenvalue weighted by Gasteiger charge is -2.10. The molecule has 0 aliphatic carbocycles. The van der Waals surface area contributed by atoms with E-state index in [1.807, 2.05) is 24.5 Å². The number of benzene rings is 1. The third-order valence-electron chi connectivity index (χ3n) is 3.24. The second-order valence-corrected chi connectivity index (χ2v) is 4.80. The SMILES string of the molecule is Cc1cc2c(C(=O)O)cn(C(C)C)c2cc1C. The lowest BCUT2D eigenvalue weighted by atomic mass is 10.1. The van der Waals surface area contributed by atoms with Gasteiger partial charge in [-0.15, -0.1) is 0 Å². The fourth-order valence-electron chi connectivity index (χ4n) is 2.11. The smallest absolute Gasteiger partial charge is 0.337 e. The summed E-state index contributed by atoms with van der Waals surface area (Å²) in [4.78, 5) is 11.2. The zero-order chi connectivity index (χ0) is 12.7. The summed E-state index contributed by atoms with van der Waals surface area (Å²) in [6.45, 7) is 8.17. The van der Waals surface area contributed by atoms with Crippen molar-refractivity contribution in [1.29, 1.82) is 0 Å². The minimum atomic E-state index is -0.863. The fraction of sp³-hybridized carbons (Fsp3) is 0.357. The van der Waals surface area contributed by atoms with Gasteiger partial charge in [0.2, 0.25) is 0 Å². The third-order valence-corrected chi connectivity index (χ3v) is 3.24. The van der Waals surface area contributed by atoms with Crippen LogP contribution in [0.2, 0.25) is 0 Å². The van der Waals surface area contributed by atoms with Crippen molar-refractivity contribution in [3.8, 4) is 0 Å². The summed E-state index contributed by atoms with van der Waals surface area (Å²) in [6, 6.07) is 4.29. The quantitative estimate of drug-likeness (QED) is 0.859. The maximum absolute atomic E-state index is 11.2. The van der Waals surface area contributed by atoms with Crippen LogP contribution >= 0.6 is 0 Å². The molecule has 0 fully saturated rings. The maximum atomic E-state index is 11.2. The summed E-state index contributed by atoms with van der Waals surface area (Å²) in [5.74, 6) is -0.863. The Hall–Kier alpha value is -1.77. The van der Waals surface area contributed by atoms with Gasteiger partial charge < -0.3 is 9.67 Å². The number of hydrogen-bond donors (Lipinski definition) is 1. The van der Waals surface area contributed by atoms with Crippen LogP contribution in [0.4, 0.5) is 0 Å². The normalized spacial score (nSPS) is 11.4. The average molecular weight is 231 g/mol. The van der Waals surface area contributed by atoms with Crippen LogP contribution in [0, 0.1) is 13.8 Å². The molecule has 0 bridgehead atoms. The van der Waals surface area contributed by atoms with E-state index >= 15 is 0 Å². The van der Waals surface area contributed by atoms with Crippen molar-refractivity contribution in [2.75, 3.05) is 0 Å². The first-order chi connectivity index (χ1) is 7.91. The molecule has 3 heteroatoms. The highest BCUT2D eigenvalue weighted by Gasteiger charge is 2.16. The van der Waals surface area contributed by atoms with Gasteiger partial charge in [-0.05, 0) is 51.0 Å². The Morgan fingerprint density at radius 3 is 2.35 bits per heavy atom. The van der Waals surface area contributed by atoms with E-state index in [4.69, 9.17) is 0 Å². The molecular weight excluding hydrogens is 214 g/mol. The first-order valence-electron chi connectivity index (χ1n) is 5.77. The Morgan fingerprint density at radius 1 is 1.24 bits per heavy atom. The van der Waals surface area contributed by atoms with Gasteiger partial charge in [-0.2, -0.15) is 0 Å². The van der Waals surface area contributed by atoms with Crippen LogP contribution in [0.5, 0.6) is 0 Å². The largest absolute Gasteiger partial charge is 0.478 e. The van der Waals surface area contributed by atoms with Gasteiger partial charge in [-0.3, -0.25) is 0 Å². The molecule has 0 aliphatic heterocycles. The number of aromatic nitrogens is 1. The van der Waals surface area contributed by atoms with E-state index in [-0.39, 0.29) is 6.04 Å². The lowest BCUT2D eigenvalue weighted by Crippen LogP contribution is -1.99. The van der Waals surface area contributed by atoms with Crippen LogP contribution in [0.15, 0.2) is 18.3 Å². The molecule has 0 radical (unpaired) electrons. The number of carboxylic acids is 1. The van der Waals surface area contributed by atoms with Crippen LogP contribution in [-0.2, 0) is 0 Å². The number of hydrogen-bond acceptors (Lipinski definition) is 1. The molecule has 0 atom stereocenters. The number of fused-ring (bicyclic) bond motifs is 1. The summed E-state index contributed by atoms with van der Waals surface area (Å²) in [7, 11) is 0. The van der Waals surface area contributed by atoms with Crippen LogP contribution in [-0.4, -0.2) is 15.6 Å². The molecule has 2 aromatic rings. The van der Waals surface area contributed by atoms with Gasteiger partial charge in [-0.25, -0.2) is 4.79 Å². The van der Waals surface area contributed by atoms with E-state index in [2.05, 4.69) is 19.9 Å². The highest BCUT2D eigenvalue weighted by molar-refractivity contribution is 6.04. The van der Waals surface area contributed by atoms with Crippen LogP contribution < -0.4 is 0 Å². The number of nitrogens with zero attached hydrogens (tertiary/aromatic N) is 1.